The Morgan fingerprint density at radius 2 is 2.15 bits per heavy atom. The van der Waals surface area contributed by atoms with E-state index in [2.05, 4.69) is 31.3 Å². The number of nitrogens with one attached hydrogen (secondary N) is 1. The van der Waals surface area contributed by atoms with Gasteiger partial charge in [-0.15, -0.1) is 0 Å². The Morgan fingerprint density at radius 1 is 1.38 bits per heavy atom. The van der Waals surface area contributed by atoms with Crippen LogP contribution in [0.15, 0.2) is 18.2 Å². The van der Waals surface area contributed by atoms with Crippen molar-refractivity contribution in [3.63, 3.8) is 0 Å². The molecule has 0 saturated carbocycles. The van der Waals surface area contributed by atoms with Crippen LogP contribution in [0.3, 0.4) is 0 Å². The van der Waals surface area contributed by atoms with Crippen LogP contribution in [0.5, 0.6) is 5.75 Å². The smallest absolute Gasteiger partial charge is 0.119 e. The van der Waals surface area contributed by atoms with Gasteiger partial charge in [0.15, 0.2) is 0 Å². The van der Waals surface area contributed by atoms with E-state index in [4.69, 9.17) is 4.74 Å². The van der Waals surface area contributed by atoms with Gasteiger partial charge in [0.2, 0.25) is 0 Å². The molecule has 0 amide bonds. The maximum atomic E-state index is 5.13. The van der Waals surface area contributed by atoms with Gasteiger partial charge >= 0.3 is 0 Å². The van der Waals surface area contributed by atoms with Crippen molar-refractivity contribution < 1.29 is 4.74 Å². The molecule has 0 fully saturated rings. The standard InChI is InChI=1S/C11H17NO/c1-4-12-8-10-5-6-11(13-3)7-9(10)2/h5-7,12H,4,8H2,1-3H3. The van der Waals surface area contributed by atoms with Crippen LogP contribution in [0, 0.1) is 6.92 Å². The molecule has 0 unspecified atom stereocenters. The zero-order valence-electron chi connectivity index (χ0n) is 8.55. The van der Waals surface area contributed by atoms with Gasteiger partial charge in [-0.1, -0.05) is 13.0 Å². The summed E-state index contributed by atoms with van der Waals surface area (Å²) in [6.07, 6.45) is 0. The van der Waals surface area contributed by atoms with E-state index in [1.807, 2.05) is 6.07 Å². The highest BCUT2D eigenvalue weighted by atomic mass is 16.5. The predicted octanol–water partition coefficient (Wildman–Crippen LogP) is 2.11. The van der Waals surface area contributed by atoms with Crippen molar-refractivity contribution in [3.8, 4) is 5.75 Å². The van der Waals surface area contributed by atoms with Crippen molar-refractivity contribution in [2.24, 2.45) is 0 Å². The van der Waals surface area contributed by atoms with Crippen molar-refractivity contribution in [3.05, 3.63) is 29.3 Å². The minimum Gasteiger partial charge on any atom is -0.497 e. The Balaban J connectivity index is 2.73. The molecule has 13 heavy (non-hydrogen) atoms. The normalized spacial score (nSPS) is 10.1. The minimum absolute atomic E-state index is 0.928. The van der Waals surface area contributed by atoms with Gasteiger partial charge in [-0.25, -0.2) is 0 Å². The molecule has 0 bridgehead atoms. The SMILES string of the molecule is CCNCc1ccc(OC)cc1C. The van der Waals surface area contributed by atoms with Crippen LogP contribution in [0.2, 0.25) is 0 Å². The third kappa shape index (κ3) is 2.74. The maximum absolute atomic E-state index is 5.13. The summed E-state index contributed by atoms with van der Waals surface area (Å²) in [6, 6.07) is 6.17. The first-order valence-corrected chi connectivity index (χ1v) is 4.62. The summed E-state index contributed by atoms with van der Waals surface area (Å²) in [7, 11) is 1.69. The molecule has 2 heteroatoms. The predicted molar refractivity (Wildman–Crippen MR) is 55.1 cm³/mol. The van der Waals surface area contributed by atoms with E-state index in [-0.39, 0.29) is 0 Å². The summed E-state index contributed by atoms with van der Waals surface area (Å²) in [5.74, 6) is 0.928. The van der Waals surface area contributed by atoms with Crippen LogP contribution in [0.25, 0.3) is 0 Å². The van der Waals surface area contributed by atoms with Gasteiger partial charge in [-0.05, 0) is 36.7 Å². The van der Waals surface area contributed by atoms with Crippen LogP contribution >= 0.6 is 0 Å². The lowest BCUT2D eigenvalue weighted by molar-refractivity contribution is 0.414. The van der Waals surface area contributed by atoms with E-state index in [9.17, 15) is 0 Å². The Labute approximate surface area is 79.9 Å². The summed E-state index contributed by atoms with van der Waals surface area (Å²) in [4.78, 5) is 0. The largest absolute Gasteiger partial charge is 0.497 e. The molecule has 0 aliphatic carbocycles. The van der Waals surface area contributed by atoms with Gasteiger partial charge in [0.25, 0.3) is 0 Å². The van der Waals surface area contributed by atoms with Crippen LogP contribution in [0.4, 0.5) is 0 Å². The van der Waals surface area contributed by atoms with Crippen molar-refractivity contribution in [2.75, 3.05) is 13.7 Å². The Hall–Kier alpha value is -1.02. The number of aryl methyl sites for hydroxylation is 1. The van der Waals surface area contributed by atoms with E-state index >= 15 is 0 Å². The van der Waals surface area contributed by atoms with Crippen molar-refractivity contribution in [1.82, 2.24) is 5.32 Å². The molecule has 0 spiro atoms. The molecular formula is C11H17NO. The van der Waals surface area contributed by atoms with E-state index in [0.717, 1.165) is 18.8 Å². The maximum Gasteiger partial charge on any atom is 0.119 e. The van der Waals surface area contributed by atoms with Gasteiger partial charge in [-0.3, -0.25) is 0 Å². The molecule has 1 rings (SSSR count). The van der Waals surface area contributed by atoms with Crippen LogP contribution in [-0.2, 0) is 6.54 Å². The van der Waals surface area contributed by atoms with Crippen molar-refractivity contribution >= 4 is 0 Å². The van der Waals surface area contributed by atoms with Gasteiger partial charge in [-0.2, -0.15) is 0 Å². The number of methoxy groups -OCH3 is 1. The zero-order chi connectivity index (χ0) is 9.68. The number of rotatable bonds is 4. The summed E-state index contributed by atoms with van der Waals surface area (Å²) in [6.45, 7) is 6.16. The Kier molecular flexibility index (Phi) is 3.77. The first-order chi connectivity index (χ1) is 6.27. The van der Waals surface area contributed by atoms with Crippen molar-refractivity contribution in [1.29, 1.82) is 0 Å². The summed E-state index contributed by atoms with van der Waals surface area (Å²) in [5, 5.41) is 3.30. The molecule has 0 aliphatic rings. The number of ether oxygens (including phenoxy) is 1. The molecule has 1 aromatic carbocycles. The fourth-order valence-corrected chi connectivity index (χ4v) is 1.25. The number of benzene rings is 1. The highest BCUT2D eigenvalue weighted by molar-refractivity contribution is 5.34. The van der Waals surface area contributed by atoms with Crippen molar-refractivity contribution in [2.45, 2.75) is 20.4 Å². The first kappa shape index (κ1) is 10.1. The zero-order valence-corrected chi connectivity index (χ0v) is 8.55. The summed E-state index contributed by atoms with van der Waals surface area (Å²) < 4.78 is 5.13. The molecule has 0 radical (unpaired) electrons. The van der Waals surface area contributed by atoms with Crippen LogP contribution in [-0.4, -0.2) is 13.7 Å². The van der Waals surface area contributed by atoms with Crippen LogP contribution in [0.1, 0.15) is 18.1 Å². The third-order valence-electron chi connectivity index (χ3n) is 2.12. The number of hydrogen-bond donors (Lipinski definition) is 1. The summed E-state index contributed by atoms with van der Waals surface area (Å²) >= 11 is 0. The molecule has 0 heterocycles. The van der Waals surface area contributed by atoms with E-state index in [0.29, 0.717) is 0 Å². The second-order valence-electron chi connectivity index (χ2n) is 3.07. The second kappa shape index (κ2) is 4.87. The lowest BCUT2D eigenvalue weighted by Crippen LogP contribution is -2.12. The Morgan fingerprint density at radius 3 is 2.69 bits per heavy atom. The fraction of sp³-hybridized carbons (Fsp3) is 0.455. The van der Waals surface area contributed by atoms with E-state index in [1.54, 1.807) is 7.11 Å². The van der Waals surface area contributed by atoms with E-state index in [1.165, 1.54) is 11.1 Å². The number of hydrogen-bond acceptors (Lipinski definition) is 2. The molecular weight excluding hydrogens is 162 g/mol. The van der Waals surface area contributed by atoms with E-state index < -0.39 is 0 Å². The monoisotopic (exact) mass is 179 g/mol. The Bertz CT molecular complexity index is 271. The fourth-order valence-electron chi connectivity index (χ4n) is 1.25. The average Bonchev–Trinajstić information content (AvgIpc) is 2.16. The van der Waals surface area contributed by atoms with Gasteiger partial charge in [0, 0.05) is 6.54 Å². The molecule has 72 valence electrons. The quantitative estimate of drug-likeness (QED) is 0.764. The second-order valence-corrected chi connectivity index (χ2v) is 3.07. The summed E-state index contributed by atoms with van der Waals surface area (Å²) in [5.41, 5.74) is 2.61. The minimum atomic E-state index is 0.928. The third-order valence-corrected chi connectivity index (χ3v) is 2.12. The molecule has 0 aliphatic heterocycles. The van der Waals surface area contributed by atoms with Gasteiger partial charge < -0.3 is 10.1 Å². The molecule has 1 aromatic rings. The molecule has 1 N–H and O–H groups in total. The lowest BCUT2D eigenvalue weighted by atomic mass is 10.1. The molecule has 0 atom stereocenters. The molecule has 0 saturated heterocycles. The highest BCUT2D eigenvalue weighted by Crippen LogP contribution is 2.16. The topological polar surface area (TPSA) is 21.3 Å². The van der Waals surface area contributed by atoms with Gasteiger partial charge in [0.1, 0.15) is 5.75 Å². The average molecular weight is 179 g/mol. The highest BCUT2D eigenvalue weighted by Gasteiger charge is 1.98. The molecule has 0 aromatic heterocycles. The van der Waals surface area contributed by atoms with Crippen LogP contribution < -0.4 is 10.1 Å². The molecule has 2 nitrogen and oxygen atoms in total. The van der Waals surface area contributed by atoms with Gasteiger partial charge in [0.05, 0.1) is 7.11 Å². The lowest BCUT2D eigenvalue weighted by Gasteiger charge is -2.07. The first-order valence-electron chi connectivity index (χ1n) is 4.62.